The summed E-state index contributed by atoms with van der Waals surface area (Å²) >= 11 is 5.56. The molecular formula is C8H9ClN4O2. The minimum absolute atomic E-state index is 0.0752. The lowest BCUT2D eigenvalue weighted by Gasteiger charge is -2.13. The topological polar surface area (TPSA) is 89.2 Å². The molecule has 0 radical (unpaired) electrons. The maximum Gasteiger partial charge on any atom is 0.274 e. The van der Waals surface area contributed by atoms with Gasteiger partial charge in [-0.25, -0.2) is 4.98 Å². The fraction of sp³-hybridized carbons (Fsp3) is 0.250. The maximum absolute atomic E-state index is 11.6. The molecular weight excluding hydrogens is 220 g/mol. The van der Waals surface area contributed by atoms with Crippen molar-refractivity contribution >= 4 is 23.4 Å². The number of nitrogens with two attached hydrogens (primary N) is 1. The van der Waals surface area contributed by atoms with Crippen molar-refractivity contribution < 1.29 is 9.59 Å². The third kappa shape index (κ3) is 3.17. The summed E-state index contributed by atoms with van der Waals surface area (Å²) in [5, 5.41) is 0.119. The van der Waals surface area contributed by atoms with E-state index in [1.165, 1.54) is 19.4 Å². The van der Waals surface area contributed by atoms with Crippen molar-refractivity contribution in [2.75, 3.05) is 13.6 Å². The van der Waals surface area contributed by atoms with Gasteiger partial charge >= 0.3 is 0 Å². The lowest BCUT2D eigenvalue weighted by molar-refractivity contribution is -0.118. The van der Waals surface area contributed by atoms with Gasteiger partial charge in [0.05, 0.1) is 18.9 Å². The third-order valence-corrected chi connectivity index (χ3v) is 1.75. The molecule has 0 fully saturated rings. The Labute approximate surface area is 91.1 Å². The van der Waals surface area contributed by atoms with E-state index in [4.69, 9.17) is 17.3 Å². The monoisotopic (exact) mass is 228 g/mol. The van der Waals surface area contributed by atoms with Crippen molar-refractivity contribution in [2.45, 2.75) is 0 Å². The second kappa shape index (κ2) is 4.70. The molecule has 1 aromatic rings. The Bertz CT molecular complexity index is 396. The van der Waals surface area contributed by atoms with Gasteiger partial charge in [-0.05, 0) is 0 Å². The Balaban J connectivity index is 2.80. The Morgan fingerprint density at radius 3 is 2.73 bits per heavy atom. The van der Waals surface area contributed by atoms with Gasteiger partial charge < -0.3 is 10.6 Å². The Hall–Kier alpha value is -1.69. The first-order valence-electron chi connectivity index (χ1n) is 4.02. The first-order chi connectivity index (χ1) is 7.00. The van der Waals surface area contributed by atoms with Crippen LogP contribution in [-0.2, 0) is 4.79 Å². The second-order valence-electron chi connectivity index (χ2n) is 2.85. The van der Waals surface area contributed by atoms with Crippen LogP contribution in [-0.4, -0.2) is 40.3 Å². The van der Waals surface area contributed by atoms with E-state index in [1.807, 2.05) is 0 Å². The Morgan fingerprint density at radius 1 is 1.53 bits per heavy atom. The van der Waals surface area contributed by atoms with Crippen LogP contribution in [0.4, 0.5) is 0 Å². The van der Waals surface area contributed by atoms with E-state index in [1.54, 1.807) is 0 Å². The van der Waals surface area contributed by atoms with Crippen molar-refractivity contribution in [1.29, 1.82) is 0 Å². The van der Waals surface area contributed by atoms with Crippen LogP contribution in [0.15, 0.2) is 12.4 Å². The van der Waals surface area contributed by atoms with Crippen LogP contribution in [0.5, 0.6) is 0 Å². The molecule has 0 aliphatic rings. The molecule has 0 aromatic carbocycles. The van der Waals surface area contributed by atoms with Gasteiger partial charge in [0, 0.05) is 7.05 Å². The second-order valence-corrected chi connectivity index (χ2v) is 3.24. The molecule has 2 N–H and O–H groups in total. The number of halogens is 1. The van der Waals surface area contributed by atoms with Crippen LogP contribution in [0.3, 0.4) is 0 Å². The van der Waals surface area contributed by atoms with Crippen LogP contribution in [0.2, 0.25) is 5.15 Å². The lowest BCUT2D eigenvalue weighted by atomic mass is 10.4. The first-order valence-corrected chi connectivity index (χ1v) is 4.40. The van der Waals surface area contributed by atoms with Gasteiger partial charge in [0.1, 0.15) is 10.8 Å². The average Bonchev–Trinajstić information content (AvgIpc) is 2.15. The van der Waals surface area contributed by atoms with Gasteiger partial charge in [-0.2, -0.15) is 0 Å². The summed E-state index contributed by atoms with van der Waals surface area (Å²) in [6, 6.07) is 0. The minimum atomic E-state index is -0.596. The van der Waals surface area contributed by atoms with Crippen LogP contribution in [0, 0.1) is 0 Å². The Morgan fingerprint density at radius 2 is 2.20 bits per heavy atom. The normalized spacial score (nSPS) is 9.73. The highest BCUT2D eigenvalue weighted by molar-refractivity contribution is 6.29. The predicted octanol–water partition coefficient (Wildman–Crippen LogP) is -0.313. The zero-order chi connectivity index (χ0) is 11.4. The molecule has 0 unspecified atom stereocenters. The summed E-state index contributed by atoms with van der Waals surface area (Å²) in [5.74, 6) is -1.05. The number of primary amides is 1. The fourth-order valence-electron chi connectivity index (χ4n) is 0.946. The number of amides is 2. The van der Waals surface area contributed by atoms with Crippen molar-refractivity contribution in [3.8, 4) is 0 Å². The van der Waals surface area contributed by atoms with E-state index < -0.39 is 11.8 Å². The van der Waals surface area contributed by atoms with Crippen LogP contribution < -0.4 is 5.73 Å². The van der Waals surface area contributed by atoms with E-state index in [0.29, 0.717) is 0 Å². The lowest BCUT2D eigenvalue weighted by Crippen LogP contribution is -2.35. The molecule has 6 nitrogen and oxygen atoms in total. The van der Waals surface area contributed by atoms with Gasteiger partial charge in [-0.1, -0.05) is 11.6 Å². The molecule has 0 aliphatic carbocycles. The van der Waals surface area contributed by atoms with Crippen molar-refractivity contribution in [2.24, 2.45) is 5.73 Å². The SMILES string of the molecule is CN(CC(N)=O)C(=O)c1cncc(Cl)n1. The summed E-state index contributed by atoms with van der Waals surface area (Å²) in [4.78, 5) is 30.8. The first kappa shape index (κ1) is 11.4. The van der Waals surface area contributed by atoms with Crippen LogP contribution in [0.1, 0.15) is 10.5 Å². The molecule has 0 saturated heterocycles. The van der Waals surface area contributed by atoms with Gasteiger partial charge in [-0.3, -0.25) is 14.6 Å². The third-order valence-electron chi connectivity index (χ3n) is 1.56. The number of hydrogen-bond acceptors (Lipinski definition) is 4. The molecule has 0 aliphatic heterocycles. The standard InChI is InChI=1S/C8H9ClN4O2/c1-13(4-7(10)14)8(15)5-2-11-3-6(9)12-5/h2-3H,4H2,1H3,(H2,10,14). The number of carbonyl (C=O) groups is 2. The molecule has 0 atom stereocenters. The number of nitrogens with zero attached hydrogens (tertiary/aromatic N) is 3. The zero-order valence-corrected chi connectivity index (χ0v) is 8.73. The van der Waals surface area contributed by atoms with E-state index >= 15 is 0 Å². The Kier molecular flexibility index (Phi) is 3.56. The number of likely N-dealkylation sites (N-methyl/N-ethyl adjacent to an activating group) is 1. The highest BCUT2D eigenvalue weighted by Crippen LogP contribution is 2.04. The van der Waals surface area contributed by atoms with E-state index in [2.05, 4.69) is 9.97 Å². The summed E-state index contributed by atoms with van der Waals surface area (Å²) in [7, 11) is 1.44. The number of aromatic nitrogens is 2. The van der Waals surface area contributed by atoms with Gasteiger partial charge in [0.25, 0.3) is 5.91 Å². The molecule has 2 amide bonds. The number of rotatable bonds is 3. The molecule has 1 heterocycles. The van der Waals surface area contributed by atoms with Gasteiger partial charge in [0.15, 0.2) is 0 Å². The quantitative estimate of drug-likeness (QED) is 0.768. The van der Waals surface area contributed by atoms with Crippen molar-refractivity contribution in [3.63, 3.8) is 0 Å². The fourth-order valence-corrected chi connectivity index (χ4v) is 1.09. The van der Waals surface area contributed by atoms with Crippen molar-refractivity contribution in [3.05, 3.63) is 23.2 Å². The molecule has 7 heteroatoms. The molecule has 1 rings (SSSR count). The smallest absolute Gasteiger partial charge is 0.274 e. The highest BCUT2D eigenvalue weighted by Gasteiger charge is 2.15. The number of carbonyl (C=O) groups excluding carboxylic acids is 2. The van der Waals surface area contributed by atoms with Gasteiger partial charge in [-0.15, -0.1) is 0 Å². The van der Waals surface area contributed by atoms with E-state index in [0.717, 1.165) is 4.90 Å². The zero-order valence-electron chi connectivity index (χ0n) is 7.98. The molecule has 1 aromatic heterocycles. The summed E-state index contributed by atoms with van der Waals surface area (Å²) in [6.07, 6.45) is 2.58. The van der Waals surface area contributed by atoms with E-state index in [-0.39, 0.29) is 17.4 Å². The van der Waals surface area contributed by atoms with E-state index in [9.17, 15) is 9.59 Å². The average molecular weight is 229 g/mol. The molecule has 80 valence electrons. The minimum Gasteiger partial charge on any atom is -0.368 e. The van der Waals surface area contributed by atoms with Crippen molar-refractivity contribution in [1.82, 2.24) is 14.9 Å². The summed E-state index contributed by atoms with van der Waals surface area (Å²) in [6.45, 7) is -0.174. The summed E-state index contributed by atoms with van der Waals surface area (Å²) in [5.41, 5.74) is 5.02. The molecule has 15 heavy (non-hydrogen) atoms. The number of hydrogen-bond donors (Lipinski definition) is 1. The summed E-state index contributed by atoms with van der Waals surface area (Å²) < 4.78 is 0. The van der Waals surface area contributed by atoms with Crippen LogP contribution >= 0.6 is 11.6 Å². The molecule has 0 saturated carbocycles. The van der Waals surface area contributed by atoms with Crippen LogP contribution in [0.25, 0.3) is 0 Å². The highest BCUT2D eigenvalue weighted by atomic mass is 35.5. The largest absolute Gasteiger partial charge is 0.368 e. The molecule has 0 bridgehead atoms. The molecule has 0 spiro atoms. The maximum atomic E-state index is 11.6. The van der Waals surface area contributed by atoms with Gasteiger partial charge in [0.2, 0.25) is 5.91 Å². The predicted molar refractivity (Wildman–Crippen MR) is 53.2 cm³/mol.